The zero-order valence-electron chi connectivity index (χ0n) is 12.1. The van der Waals surface area contributed by atoms with Gasteiger partial charge in [0.15, 0.2) is 5.82 Å². The summed E-state index contributed by atoms with van der Waals surface area (Å²) in [5, 5.41) is 4.70. The molecule has 0 aliphatic heterocycles. The van der Waals surface area contributed by atoms with Gasteiger partial charge in [-0.2, -0.15) is 16.7 Å². The minimum atomic E-state index is 0.328. The average Bonchev–Trinajstić information content (AvgIpc) is 2.82. The molecule has 0 spiro atoms. The quantitative estimate of drug-likeness (QED) is 0.726. The van der Waals surface area contributed by atoms with Gasteiger partial charge in [-0.25, -0.2) is 0 Å². The van der Waals surface area contributed by atoms with Gasteiger partial charge < -0.3 is 4.52 Å². The largest absolute Gasteiger partial charge is 0.338 e. The van der Waals surface area contributed by atoms with Crippen LogP contribution in [0.15, 0.2) is 4.52 Å². The molecular formula is C13H25N3OS. The SMILES string of the molecule is CCN(CC[C@H](C)SC)Cc1nc(C(C)C)no1. The molecule has 1 aromatic rings. The molecule has 0 bridgehead atoms. The molecule has 0 aromatic carbocycles. The second-order valence-corrected chi connectivity index (χ2v) is 6.18. The highest BCUT2D eigenvalue weighted by atomic mass is 32.2. The van der Waals surface area contributed by atoms with E-state index in [0.29, 0.717) is 11.2 Å². The summed E-state index contributed by atoms with van der Waals surface area (Å²) in [6.07, 6.45) is 3.36. The summed E-state index contributed by atoms with van der Waals surface area (Å²) >= 11 is 1.91. The smallest absolute Gasteiger partial charge is 0.240 e. The van der Waals surface area contributed by atoms with E-state index in [-0.39, 0.29) is 0 Å². The lowest BCUT2D eigenvalue weighted by Crippen LogP contribution is -2.25. The van der Waals surface area contributed by atoms with Crippen LogP contribution in [-0.2, 0) is 6.54 Å². The zero-order valence-corrected chi connectivity index (χ0v) is 13.0. The van der Waals surface area contributed by atoms with Crippen molar-refractivity contribution in [1.82, 2.24) is 15.0 Å². The van der Waals surface area contributed by atoms with E-state index in [1.165, 1.54) is 6.42 Å². The highest BCUT2D eigenvalue weighted by Gasteiger charge is 2.13. The number of hydrogen-bond donors (Lipinski definition) is 0. The Morgan fingerprint density at radius 2 is 2.06 bits per heavy atom. The Labute approximate surface area is 115 Å². The van der Waals surface area contributed by atoms with Gasteiger partial charge in [0.1, 0.15) is 0 Å². The van der Waals surface area contributed by atoms with Gasteiger partial charge in [0.2, 0.25) is 5.89 Å². The van der Waals surface area contributed by atoms with Crippen LogP contribution in [-0.4, -0.2) is 39.6 Å². The lowest BCUT2D eigenvalue weighted by atomic mass is 10.2. The molecule has 1 rings (SSSR count). The Balaban J connectivity index is 2.46. The van der Waals surface area contributed by atoms with Gasteiger partial charge in [-0.1, -0.05) is 32.9 Å². The molecule has 5 heteroatoms. The number of aromatic nitrogens is 2. The molecule has 0 aliphatic rings. The van der Waals surface area contributed by atoms with Gasteiger partial charge in [0, 0.05) is 11.2 Å². The standard InChI is InChI=1S/C13H25N3OS/c1-6-16(8-7-11(4)18-5)9-12-14-13(10(2)3)15-17-12/h10-11H,6-9H2,1-5H3/t11-/m0/s1. The van der Waals surface area contributed by atoms with Crippen molar-refractivity contribution in [3.63, 3.8) is 0 Å². The normalized spacial score (nSPS) is 13.5. The van der Waals surface area contributed by atoms with Crippen molar-refractivity contribution in [3.05, 3.63) is 11.7 Å². The van der Waals surface area contributed by atoms with E-state index in [1.54, 1.807) is 0 Å². The van der Waals surface area contributed by atoms with E-state index in [9.17, 15) is 0 Å². The van der Waals surface area contributed by atoms with Crippen molar-refractivity contribution >= 4 is 11.8 Å². The van der Waals surface area contributed by atoms with E-state index in [2.05, 4.69) is 49.0 Å². The van der Waals surface area contributed by atoms with Gasteiger partial charge in [0.05, 0.1) is 6.54 Å². The van der Waals surface area contributed by atoms with Gasteiger partial charge in [-0.05, 0) is 25.8 Å². The minimum Gasteiger partial charge on any atom is -0.338 e. The maximum atomic E-state index is 5.28. The van der Waals surface area contributed by atoms with Crippen LogP contribution < -0.4 is 0 Å². The van der Waals surface area contributed by atoms with Gasteiger partial charge in [-0.15, -0.1) is 0 Å². The van der Waals surface area contributed by atoms with Crippen molar-refractivity contribution in [2.75, 3.05) is 19.3 Å². The molecule has 4 nitrogen and oxygen atoms in total. The molecule has 0 saturated heterocycles. The Kier molecular flexibility index (Phi) is 6.71. The summed E-state index contributed by atoms with van der Waals surface area (Å²) in [5.74, 6) is 1.87. The van der Waals surface area contributed by atoms with Crippen LogP contribution >= 0.6 is 11.8 Å². The fourth-order valence-corrected chi connectivity index (χ4v) is 1.93. The van der Waals surface area contributed by atoms with Crippen molar-refractivity contribution in [2.24, 2.45) is 0 Å². The molecule has 0 unspecified atom stereocenters. The predicted molar refractivity (Wildman–Crippen MR) is 76.9 cm³/mol. The first kappa shape index (κ1) is 15.5. The highest BCUT2D eigenvalue weighted by molar-refractivity contribution is 7.99. The lowest BCUT2D eigenvalue weighted by molar-refractivity contribution is 0.233. The monoisotopic (exact) mass is 271 g/mol. The average molecular weight is 271 g/mol. The Morgan fingerprint density at radius 3 is 2.56 bits per heavy atom. The predicted octanol–water partition coefficient (Wildman–Crippen LogP) is 3.16. The topological polar surface area (TPSA) is 42.2 Å². The van der Waals surface area contributed by atoms with Crippen LogP contribution in [0.1, 0.15) is 51.7 Å². The maximum Gasteiger partial charge on any atom is 0.240 e. The van der Waals surface area contributed by atoms with Gasteiger partial charge >= 0.3 is 0 Å². The zero-order chi connectivity index (χ0) is 13.5. The van der Waals surface area contributed by atoms with Crippen LogP contribution in [0.3, 0.4) is 0 Å². The summed E-state index contributed by atoms with van der Waals surface area (Å²) in [4.78, 5) is 6.77. The van der Waals surface area contributed by atoms with E-state index in [0.717, 1.165) is 31.3 Å². The summed E-state index contributed by atoms with van der Waals surface area (Å²) in [6, 6.07) is 0. The summed E-state index contributed by atoms with van der Waals surface area (Å²) in [6.45, 7) is 11.4. The third kappa shape index (κ3) is 4.98. The number of nitrogens with zero attached hydrogens (tertiary/aromatic N) is 3. The lowest BCUT2D eigenvalue weighted by Gasteiger charge is -2.19. The van der Waals surface area contributed by atoms with Crippen molar-refractivity contribution < 1.29 is 4.52 Å². The second-order valence-electron chi connectivity index (χ2n) is 4.90. The van der Waals surface area contributed by atoms with Gasteiger partial charge in [0.25, 0.3) is 0 Å². The van der Waals surface area contributed by atoms with Crippen LogP contribution in [0.5, 0.6) is 0 Å². The maximum absolute atomic E-state index is 5.28. The van der Waals surface area contributed by atoms with Crippen molar-refractivity contribution in [1.29, 1.82) is 0 Å². The Hall–Kier alpha value is -0.550. The Morgan fingerprint density at radius 1 is 1.33 bits per heavy atom. The summed E-state index contributed by atoms with van der Waals surface area (Å²) in [5.41, 5.74) is 0. The molecule has 0 N–H and O–H groups in total. The molecule has 1 heterocycles. The molecule has 104 valence electrons. The van der Waals surface area contributed by atoms with Gasteiger partial charge in [-0.3, -0.25) is 4.90 Å². The fraction of sp³-hybridized carbons (Fsp3) is 0.846. The van der Waals surface area contributed by atoms with Crippen LogP contribution in [0, 0.1) is 0 Å². The third-order valence-electron chi connectivity index (χ3n) is 3.06. The van der Waals surface area contributed by atoms with Crippen molar-refractivity contribution in [3.8, 4) is 0 Å². The molecule has 0 aliphatic carbocycles. The number of hydrogen-bond acceptors (Lipinski definition) is 5. The summed E-state index contributed by atoms with van der Waals surface area (Å²) in [7, 11) is 0. The molecular weight excluding hydrogens is 246 g/mol. The van der Waals surface area contributed by atoms with E-state index in [1.807, 2.05) is 11.8 Å². The van der Waals surface area contributed by atoms with Crippen LogP contribution in [0.2, 0.25) is 0 Å². The second kappa shape index (κ2) is 7.79. The minimum absolute atomic E-state index is 0.328. The molecule has 1 atom stereocenters. The Bertz CT molecular complexity index is 341. The first-order valence-electron chi connectivity index (χ1n) is 6.64. The molecule has 0 radical (unpaired) electrons. The van der Waals surface area contributed by atoms with Crippen LogP contribution in [0.4, 0.5) is 0 Å². The summed E-state index contributed by atoms with van der Waals surface area (Å²) < 4.78 is 5.28. The van der Waals surface area contributed by atoms with E-state index < -0.39 is 0 Å². The molecule has 0 saturated carbocycles. The highest BCUT2D eigenvalue weighted by Crippen LogP contribution is 2.13. The fourth-order valence-electron chi connectivity index (χ4n) is 1.59. The number of rotatable bonds is 8. The first-order chi connectivity index (χ1) is 8.56. The molecule has 18 heavy (non-hydrogen) atoms. The molecule has 0 amide bonds. The molecule has 1 aromatic heterocycles. The first-order valence-corrected chi connectivity index (χ1v) is 7.93. The third-order valence-corrected chi connectivity index (χ3v) is 4.10. The van der Waals surface area contributed by atoms with E-state index in [4.69, 9.17) is 4.52 Å². The van der Waals surface area contributed by atoms with Crippen LogP contribution in [0.25, 0.3) is 0 Å². The number of thioether (sulfide) groups is 1. The van der Waals surface area contributed by atoms with Crippen molar-refractivity contribution in [2.45, 2.75) is 51.8 Å². The molecule has 0 fully saturated rings. The van der Waals surface area contributed by atoms with E-state index >= 15 is 0 Å².